The lowest BCUT2D eigenvalue weighted by molar-refractivity contribution is 0.180. The third kappa shape index (κ3) is 1.85. The Hall–Kier alpha value is -0.810. The van der Waals surface area contributed by atoms with E-state index >= 15 is 0 Å². The second-order valence-corrected chi connectivity index (χ2v) is 2.70. The van der Waals surface area contributed by atoms with Crippen molar-refractivity contribution in [2.75, 3.05) is 0 Å². The van der Waals surface area contributed by atoms with E-state index in [1.54, 1.807) is 0 Å². The molecule has 1 aliphatic carbocycles. The zero-order valence-electron chi connectivity index (χ0n) is 5.83. The maximum Gasteiger partial charge on any atom is 0.150 e. The van der Waals surface area contributed by atoms with E-state index in [9.17, 15) is 0 Å². The van der Waals surface area contributed by atoms with Gasteiger partial charge in [-0.15, -0.1) is 0 Å². The molecular weight excluding hydrogens is 126 g/mol. The number of aliphatic hydroxyl groups excluding tert-OH is 1. The van der Waals surface area contributed by atoms with Gasteiger partial charge in [-0.2, -0.15) is 0 Å². The standard InChI is InChI=1S/C8H11NO/c1-9-5-4-7-2-3-8(10)6-7/h4-5,7-8,10H,2-3,6H2/t7-,8-/m0/s1. The van der Waals surface area contributed by atoms with E-state index < -0.39 is 0 Å². The van der Waals surface area contributed by atoms with E-state index in [2.05, 4.69) is 4.85 Å². The molecule has 0 aromatic rings. The first-order chi connectivity index (χ1) is 4.83. The molecule has 1 aliphatic rings. The van der Waals surface area contributed by atoms with E-state index in [0.29, 0.717) is 5.92 Å². The Morgan fingerprint density at radius 3 is 2.80 bits per heavy atom. The van der Waals surface area contributed by atoms with Gasteiger partial charge in [0.2, 0.25) is 0 Å². The average Bonchev–Trinajstić information content (AvgIpc) is 2.31. The van der Waals surface area contributed by atoms with Crippen molar-refractivity contribution >= 4 is 0 Å². The Morgan fingerprint density at radius 1 is 1.50 bits per heavy atom. The predicted octanol–water partition coefficient (Wildman–Crippen LogP) is 1.58. The van der Waals surface area contributed by atoms with E-state index in [4.69, 9.17) is 11.7 Å². The highest BCUT2D eigenvalue weighted by Crippen LogP contribution is 2.26. The molecule has 0 aromatic carbocycles. The molecule has 0 spiro atoms. The minimum Gasteiger partial charge on any atom is -0.393 e. The summed E-state index contributed by atoms with van der Waals surface area (Å²) < 4.78 is 0. The summed E-state index contributed by atoms with van der Waals surface area (Å²) in [6.45, 7) is 6.49. The molecule has 0 heterocycles. The fraction of sp³-hybridized carbons (Fsp3) is 0.625. The van der Waals surface area contributed by atoms with Crippen LogP contribution >= 0.6 is 0 Å². The summed E-state index contributed by atoms with van der Waals surface area (Å²) in [5, 5.41) is 9.09. The zero-order chi connectivity index (χ0) is 7.40. The van der Waals surface area contributed by atoms with Gasteiger partial charge in [0.15, 0.2) is 6.20 Å². The minimum absolute atomic E-state index is 0.125. The summed E-state index contributed by atoms with van der Waals surface area (Å²) >= 11 is 0. The van der Waals surface area contributed by atoms with Gasteiger partial charge in [-0.1, -0.05) is 6.08 Å². The van der Waals surface area contributed by atoms with Crippen LogP contribution in [-0.2, 0) is 0 Å². The summed E-state index contributed by atoms with van der Waals surface area (Å²) in [5.74, 6) is 0.448. The van der Waals surface area contributed by atoms with E-state index in [1.807, 2.05) is 6.08 Å². The van der Waals surface area contributed by atoms with Crippen LogP contribution in [0.25, 0.3) is 4.85 Å². The van der Waals surface area contributed by atoms with Gasteiger partial charge in [0.1, 0.15) is 0 Å². The lowest BCUT2D eigenvalue weighted by atomic mass is 10.1. The Kier molecular flexibility index (Phi) is 2.47. The fourth-order valence-corrected chi connectivity index (χ4v) is 1.33. The van der Waals surface area contributed by atoms with Crippen molar-refractivity contribution < 1.29 is 5.11 Å². The van der Waals surface area contributed by atoms with E-state index in [1.165, 1.54) is 6.20 Å². The Balaban J connectivity index is 2.33. The molecule has 1 N–H and O–H groups in total. The van der Waals surface area contributed by atoms with Crippen molar-refractivity contribution in [3.63, 3.8) is 0 Å². The molecule has 54 valence electrons. The van der Waals surface area contributed by atoms with Crippen molar-refractivity contribution in [2.45, 2.75) is 25.4 Å². The van der Waals surface area contributed by atoms with Gasteiger partial charge in [0.25, 0.3) is 0 Å². The third-order valence-electron chi connectivity index (χ3n) is 1.88. The SMILES string of the molecule is [C-]#[N+]C=C[C@@H]1CC[C@H](O)C1. The van der Waals surface area contributed by atoms with Crippen molar-refractivity contribution in [1.29, 1.82) is 0 Å². The fourth-order valence-electron chi connectivity index (χ4n) is 1.33. The van der Waals surface area contributed by atoms with Gasteiger partial charge < -0.3 is 5.11 Å². The van der Waals surface area contributed by atoms with Crippen molar-refractivity contribution in [3.8, 4) is 0 Å². The van der Waals surface area contributed by atoms with Crippen LogP contribution < -0.4 is 0 Å². The van der Waals surface area contributed by atoms with Crippen molar-refractivity contribution in [2.24, 2.45) is 5.92 Å². The average molecular weight is 137 g/mol. The summed E-state index contributed by atoms with van der Waals surface area (Å²) in [5.41, 5.74) is 0. The zero-order valence-corrected chi connectivity index (χ0v) is 5.83. The molecule has 1 rings (SSSR count). The predicted molar refractivity (Wildman–Crippen MR) is 39.1 cm³/mol. The summed E-state index contributed by atoms with van der Waals surface area (Å²) in [6, 6.07) is 0. The first-order valence-electron chi connectivity index (χ1n) is 3.54. The van der Waals surface area contributed by atoms with Gasteiger partial charge in [-0.3, -0.25) is 0 Å². The molecule has 0 radical (unpaired) electrons. The third-order valence-corrected chi connectivity index (χ3v) is 1.88. The van der Waals surface area contributed by atoms with Crippen molar-refractivity contribution in [3.05, 3.63) is 23.7 Å². The highest BCUT2D eigenvalue weighted by molar-refractivity contribution is 4.97. The number of aliphatic hydroxyl groups is 1. The highest BCUT2D eigenvalue weighted by atomic mass is 16.3. The normalized spacial score (nSPS) is 32.8. The number of hydrogen-bond acceptors (Lipinski definition) is 1. The molecule has 0 unspecified atom stereocenters. The first kappa shape index (κ1) is 7.30. The lowest BCUT2D eigenvalue weighted by Crippen LogP contribution is -1.97. The first-order valence-corrected chi connectivity index (χ1v) is 3.54. The smallest absolute Gasteiger partial charge is 0.150 e. The second kappa shape index (κ2) is 3.38. The van der Waals surface area contributed by atoms with Crippen molar-refractivity contribution in [1.82, 2.24) is 0 Å². The maximum absolute atomic E-state index is 9.09. The van der Waals surface area contributed by atoms with Crippen LogP contribution in [0.2, 0.25) is 0 Å². The second-order valence-electron chi connectivity index (χ2n) is 2.70. The topological polar surface area (TPSA) is 24.6 Å². The van der Waals surface area contributed by atoms with Gasteiger partial charge in [-0.05, 0) is 25.2 Å². The molecule has 10 heavy (non-hydrogen) atoms. The van der Waals surface area contributed by atoms with Crippen LogP contribution in [0.5, 0.6) is 0 Å². The van der Waals surface area contributed by atoms with Crippen LogP contribution in [0.4, 0.5) is 0 Å². The summed E-state index contributed by atoms with van der Waals surface area (Å²) in [6.07, 6.45) is 6.03. The lowest BCUT2D eigenvalue weighted by Gasteiger charge is -1.98. The van der Waals surface area contributed by atoms with Crippen LogP contribution in [0.1, 0.15) is 19.3 Å². The quantitative estimate of drug-likeness (QED) is 0.545. The largest absolute Gasteiger partial charge is 0.393 e. The number of hydrogen-bond donors (Lipinski definition) is 1. The highest BCUT2D eigenvalue weighted by Gasteiger charge is 2.19. The van der Waals surface area contributed by atoms with Gasteiger partial charge in [0.05, 0.1) is 12.7 Å². The molecular formula is C8H11NO. The van der Waals surface area contributed by atoms with E-state index in [-0.39, 0.29) is 6.10 Å². The van der Waals surface area contributed by atoms with Crippen LogP contribution in [0.15, 0.2) is 12.3 Å². The van der Waals surface area contributed by atoms with Crippen LogP contribution in [0, 0.1) is 12.5 Å². The molecule has 2 atom stereocenters. The molecule has 1 fully saturated rings. The van der Waals surface area contributed by atoms with Gasteiger partial charge in [-0.25, -0.2) is 4.85 Å². The molecule has 1 saturated carbocycles. The monoisotopic (exact) mass is 137 g/mol. The molecule has 0 bridgehead atoms. The molecule has 2 heteroatoms. The molecule has 0 saturated heterocycles. The van der Waals surface area contributed by atoms with Gasteiger partial charge in [0, 0.05) is 0 Å². The minimum atomic E-state index is -0.125. The summed E-state index contributed by atoms with van der Waals surface area (Å²) in [4.78, 5) is 3.11. The van der Waals surface area contributed by atoms with Crippen LogP contribution in [-0.4, -0.2) is 11.2 Å². The Bertz CT molecular complexity index is 169. The Labute approximate surface area is 61.0 Å². The number of allylic oxidation sites excluding steroid dienone is 1. The maximum atomic E-state index is 9.09. The van der Waals surface area contributed by atoms with Crippen LogP contribution in [0.3, 0.4) is 0 Å². The summed E-state index contributed by atoms with van der Waals surface area (Å²) in [7, 11) is 0. The number of rotatable bonds is 1. The van der Waals surface area contributed by atoms with Gasteiger partial charge >= 0.3 is 0 Å². The number of nitrogens with zero attached hydrogens (tertiary/aromatic N) is 1. The molecule has 0 aliphatic heterocycles. The molecule has 2 nitrogen and oxygen atoms in total. The molecule has 0 amide bonds. The molecule has 0 aromatic heterocycles. The Morgan fingerprint density at radius 2 is 2.30 bits per heavy atom. The van der Waals surface area contributed by atoms with E-state index in [0.717, 1.165) is 19.3 Å².